The van der Waals surface area contributed by atoms with Crippen LogP contribution in [0.2, 0.25) is 0 Å². The van der Waals surface area contributed by atoms with Crippen molar-refractivity contribution in [1.82, 2.24) is 4.98 Å². The van der Waals surface area contributed by atoms with Crippen LogP contribution in [0.1, 0.15) is 11.1 Å². The minimum absolute atomic E-state index is 0.709. The van der Waals surface area contributed by atoms with Crippen molar-refractivity contribution in [3.8, 4) is 6.07 Å². The predicted molar refractivity (Wildman–Crippen MR) is 47.8 cm³/mol. The van der Waals surface area contributed by atoms with E-state index in [2.05, 4.69) is 11.1 Å². The Morgan fingerprint density at radius 2 is 2.17 bits per heavy atom. The molecule has 0 unspecified atom stereocenters. The maximum atomic E-state index is 8.77. The Kier molecular flexibility index (Phi) is 1.38. The lowest BCUT2D eigenvalue weighted by Crippen LogP contribution is -1.80. The number of hydrogen-bond acceptors (Lipinski definition) is 1. The van der Waals surface area contributed by atoms with Crippen LogP contribution in [-0.2, 0) is 0 Å². The van der Waals surface area contributed by atoms with Gasteiger partial charge in [0.1, 0.15) is 6.07 Å². The number of benzene rings is 1. The van der Waals surface area contributed by atoms with Crippen molar-refractivity contribution in [3.05, 3.63) is 35.5 Å². The lowest BCUT2D eigenvalue weighted by molar-refractivity contribution is 1.43. The number of hydrogen-bond donors (Lipinski definition) is 1. The summed E-state index contributed by atoms with van der Waals surface area (Å²) in [5.41, 5.74) is 2.85. The number of aromatic nitrogens is 1. The standard InChI is InChI=1S/C10H8N2/c1-7-2-3-8(6-11)10-9(7)4-5-12-10/h2-5,12H,1H3. The first-order valence-electron chi connectivity index (χ1n) is 3.79. The zero-order valence-corrected chi connectivity index (χ0v) is 6.76. The number of rotatable bonds is 0. The highest BCUT2D eigenvalue weighted by molar-refractivity contribution is 5.87. The average Bonchev–Trinajstić information content (AvgIpc) is 2.54. The second-order valence-corrected chi connectivity index (χ2v) is 2.81. The second kappa shape index (κ2) is 2.38. The molecule has 0 saturated carbocycles. The second-order valence-electron chi connectivity index (χ2n) is 2.81. The van der Waals surface area contributed by atoms with Crippen molar-refractivity contribution >= 4 is 10.9 Å². The van der Waals surface area contributed by atoms with Crippen LogP contribution in [-0.4, -0.2) is 4.98 Å². The molecule has 58 valence electrons. The Morgan fingerprint density at radius 1 is 1.33 bits per heavy atom. The molecule has 0 aliphatic heterocycles. The summed E-state index contributed by atoms with van der Waals surface area (Å²) in [6.07, 6.45) is 1.86. The Hall–Kier alpha value is -1.75. The molecule has 0 atom stereocenters. The first-order valence-corrected chi connectivity index (χ1v) is 3.79. The van der Waals surface area contributed by atoms with Gasteiger partial charge in [0, 0.05) is 11.6 Å². The minimum Gasteiger partial charge on any atom is -0.360 e. The van der Waals surface area contributed by atoms with Gasteiger partial charge in [0.25, 0.3) is 0 Å². The molecule has 2 nitrogen and oxygen atoms in total. The summed E-state index contributed by atoms with van der Waals surface area (Å²) in [6.45, 7) is 2.04. The molecule has 0 amide bonds. The fourth-order valence-corrected chi connectivity index (χ4v) is 1.40. The molecule has 12 heavy (non-hydrogen) atoms. The molecule has 0 aliphatic rings. The SMILES string of the molecule is Cc1ccc(C#N)c2[nH]ccc12. The van der Waals surface area contributed by atoms with E-state index >= 15 is 0 Å². The summed E-state index contributed by atoms with van der Waals surface area (Å²) in [7, 11) is 0. The number of nitrogens with one attached hydrogen (secondary N) is 1. The summed E-state index contributed by atoms with van der Waals surface area (Å²) in [4.78, 5) is 3.06. The molecule has 2 heteroatoms. The van der Waals surface area contributed by atoms with E-state index in [1.165, 1.54) is 5.56 Å². The van der Waals surface area contributed by atoms with Crippen molar-refractivity contribution in [3.63, 3.8) is 0 Å². The van der Waals surface area contributed by atoms with Crippen LogP contribution in [0.5, 0.6) is 0 Å². The summed E-state index contributed by atoms with van der Waals surface area (Å²) in [5, 5.41) is 9.91. The van der Waals surface area contributed by atoms with E-state index in [1.807, 2.05) is 31.3 Å². The maximum Gasteiger partial charge on any atom is 0.101 e. The lowest BCUT2D eigenvalue weighted by atomic mass is 10.1. The zero-order valence-electron chi connectivity index (χ0n) is 6.76. The topological polar surface area (TPSA) is 39.6 Å². The monoisotopic (exact) mass is 156 g/mol. The van der Waals surface area contributed by atoms with Crippen LogP contribution in [0, 0.1) is 18.3 Å². The van der Waals surface area contributed by atoms with Crippen LogP contribution in [0.4, 0.5) is 0 Å². The van der Waals surface area contributed by atoms with Gasteiger partial charge in [-0.05, 0) is 24.6 Å². The lowest BCUT2D eigenvalue weighted by Gasteiger charge is -1.96. The Balaban J connectivity index is 2.94. The number of aryl methyl sites for hydroxylation is 1. The third-order valence-corrected chi connectivity index (χ3v) is 2.06. The van der Waals surface area contributed by atoms with Crippen LogP contribution in [0.3, 0.4) is 0 Å². The largest absolute Gasteiger partial charge is 0.360 e. The smallest absolute Gasteiger partial charge is 0.101 e. The normalized spacial score (nSPS) is 10.0. The van der Waals surface area contributed by atoms with Crippen molar-refractivity contribution in [2.24, 2.45) is 0 Å². The molecule has 0 radical (unpaired) electrons. The molecular formula is C10H8N2. The van der Waals surface area contributed by atoms with Gasteiger partial charge in [-0.15, -0.1) is 0 Å². The number of nitrogens with zero attached hydrogens (tertiary/aromatic N) is 1. The van der Waals surface area contributed by atoms with Gasteiger partial charge in [0.2, 0.25) is 0 Å². The third kappa shape index (κ3) is 0.802. The van der Waals surface area contributed by atoms with Crippen LogP contribution >= 0.6 is 0 Å². The third-order valence-electron chi connectivity index (χ3n) is 2.06. The number of nitriles is 1. The summed E-state index contributed by atoms with van der Waals surface area (Å²) in [5.74, 6) is 0. The van der Waals surface area contributed by atoms with Gasteiger partial charge < -0.3 is 4.98 Å². The molecule has 0 aliphatic carbocycles. The first-order chi connectivity index (χ1) is 5.83. The summed E-state index contributed by atoms with van der Waals surface area (Å²) < 4.78 is 0. The maximum absolute atomic E-state index is 8.77. The molecule has 0 saturated heterocycles. The van der Waals surface area contributed by atoms with Crippen LogP contribution in [0.25, 0.3) is 10.9 Å². The molecule has 0 fully saturated rings. The van der Waals surface area contributed by atoms with E-state index in [1.54, 1.807) is 0 Å². The van der Waals surface area contributed by atoms with E-state index in [4.69, 9.17) is 5.26 Å². The molecule has 1 aromatic carbocycles. The highest BCUT2D eigenvalue weighted by Crippen LogP contribution is 2.19. The van der Waals surface area contributed by atoms with Crippen molar-refractivity contribution in [2.45, 2.75) is 6.92 Å². The van der Waals surface area contributed by atoms with Gasteiger partial charge in [0.15, 0.2) is 0 Å². The Labute approximate surface area is 70.4 Å². The number of fused-ring (bicyclic) bond motifs is 1. The Morgan fingerprint density at radius 3 is 2.92 bits per heavy atom. The predicted octanol–water partition coefficient (Wildman–Crippen LogP) is 2.35. The molecule has 2 aromatic rings. The molecule has 0 spiro atoms. The quantitative estimate of drug-likeness (QED) is 0.624. The zero-order chi connectivity index (χ0) is 8.55. The molecule has 2 rings (SSSR count). The van der Waals surface area contributed by atoms with E-state index in [9.17, 15) is 0 Å². The van der Waals surface area contributed by atoms with Crippen molar-refractivity contribution in [1.29, 1.82) is 5.26 Å². The van der Waals surface area contributed by atoms with Crippen molar-refractivity contribution in [2.75, 3.05) is 0 Å². The Bertz CT molecular complexity index is 460. The fraction of sp³-hybridized carbons (Fsp3) is 0.100. The molecule has 0 bridgehead atoms. The minimum atomic E-state index is 0.709. The van der Waals surface area contributed by atoms with Crippen molar-refractivity contribution < 1.29 is 0 Å². The fourth-order valence-electron chi connectivity index (χ4n) is 1.40. The van der Waals surface area contributed by atoms with Gasteiger partial charge in [-0.2, -0.15) is 5.26 Å². The van der Waals surface area contributed by atoms with Crippen LogP contribution in [0.15, 0.2) is 24.4 Å². The summed E-state index contributed by atoms with van der Waals surface area (Å²) >= 11 is 0. The van der Waals surface area contributed by atoms with Gasteiger partial charge >= 0.3 is 0 Å². The van der Waals surface area contributed by atoms with Gasteiger partial charge in [-0.25, -0.2) is 0 Å². The number of aromatic amines is 1. The number of H-pyrrole nitrogens is 1. The van der Waals surface area contributed by atoms with Gasteiger partial charge in [-0.3, -0.25) is 0 Å². The van der Waals surface area contributed by atoms with E-state index in [-0.39, 0.29) is 0 Å². The molecule has 1 aromatic heterocycles. The van der Waals surface area contributed by atoms with E-state index < -0.39 is 0 Å². The van der Waals surface area contributed by atoms with Gasteiger partial charge in [0.05, 0.1) is 11.1 Å². The van der Waals surface area contributed by atoms with E-state index in [0.717, 1.165) is 10.9 Å². The average molecular weight is 156 g/mol. The first kappa shape index (κ1) is 6.93. The molecule has 1 heterocycles. The summed E-state index contributed by atoms with van der Waals surface area (Å²) in [6, 6.07) is 7.95. The highest BCUT2D eigenvalue weighted by Gasteiger charge is 2.02. The van der Waals surface area contributed by atoms with Gasteiger partial charge in [-0.1, -0.05) is 6.07 Å². The molecule has 1 N–H and O–H groups in total. The molecular weight excluding hydrogens is 148 g/mol. The highest BCUT2D eigenvalue weighted by atomic mass is 14.7. The van der Waals surface area contributed by atoms with Crippen LogP contribution < -0.4 is 0 Å². The van der Waals surface area contributed by atoms with E-state index in [0.29, 0.717) is 5.56 Å².